The molecule has 0 aliphatic heterocycles. The molecule has 0 rings (SSSR count). The largest absolute Gasteiger partial charge is 0.472 e. The molecule has 348 valence electrons. The Kier molecular flexibility index (Phi) is 40.8. The minimum atomic E-state index is -4.36. The predicted octanol–water partition coefficient (Wildman–Crippen LogP) is 14.0. The maximum atomic E-state index is 12.9. The van der Waals surface area contributed by atoms with Crippen molar-refractivity contribution in [3.05, 3.63) is 72.9 Å². The second-order valence-corrected chi connectivity index (χ2v) is 18.9. The average Bonchev–Trinajstić information content (AvgIpc) is 3.20. The Bertz CT molecular complexity index is 1200. The summed E-state index contributed by atoms with van der Waals surface area (Å²) in [4.78, 5) is 23.2. The van der Waals surface area contributed by atoms with E-state index < -0.39 is 20.0 Å². The first-order valence-electron chi connectivity index (χ1n) is 24.3. The van der Waals surface area contributed by atoms with E-state index in [0.717, 1.165) is 70.6 Å². The molecule has 0 radical (unpaired) electrons. The van der Waals surface area contributed by atoms with Crippen LogP contribution in [0.4, 0.5) is 0 Å². The number of nitrogens with one attached hydrogen (secondary N) is 1. The summed E-state index contributed by atoms with van der Waals surface area (Å²) in [6.07, 6.45) is 56.9. The molecule has 3 N–H and O–H groups in total. The molecule has 9 heteroatoms. The van der Waals surface area contributed by atoms with Crippen LogP contribution in [0.25, 0.3) is 0 Å². The van der Waals surface area contributed by atoms with Gasteiger partial charge in [0.05, 0.1) is 39.9 Å². The van der Waals surface area contributed by atoms with Gasteiger partial charge < -0.3 is 19.8 Å². The predicted molar refractivity (Wildman–Crippen MR) is 258 cm³/mol. The zero-order valence-electron chi connectivity index (χ0n) is 39.4. The first-order chi connectivity index (χ1) is 29.0. The number of carbonyl (C=O) groups is 1. The monoisotopic (exact) mass is 862 g/mol. The van der Waals surface area contributed by atoms with Crippen molar-refractivity contribution in [3.8, 4) is 0 Å². The highest BCUT2D eigenvalue weighted by molar-refractivity contribution is 7.47. The van der Waals surface area contributed by atoms with Crippen LogP contribution in [-0.2, 0) is 18.4 Å². The maximum absolute atomic E-state index is 12.9. The van der Waals surface area contributed by atoms with Crippen molar-refractivity contribution in [2.24, 2.45) is 0 Å². The van der Waals surface area contributed by atoms with Crippen LogP contribution in [0.3, 0.4) is 0 Å². The lowest BCUT2D eigenvalue weighted by atomic mass is 10.1. The van der Waals surface area contributed by atoms with Gasteiger partial charge in [-0.3, -0.25) is 13.8 Å². The molecule has 0 saturated heterocycles. The number of nitrogens with zero attached hydrogens (tertiary/aromatic N) is 1. The zero-order valence-corrected chi connectivity index (χ0v) is 40.3. The van der Waals surface area contributed by atoms with Gasteiger partial charge in [-0.05, 0) is 83.5 Å². The van der Waals surface area contributed by atoms with Crippen molar-refractivity contribution in [1.29, 1.82) is 0 Å². The summed E-state index contributed by atoms with van der Waals surface area (Å²) in [5.74, 6) is -0.206. The number of quaternary nitrogens is 1. The van der Waals surface area contributed by atoms with Crippen LogP contribution < -0.4 is 5.32 Å². The van der Waals surface area contributed by atoms with E-state index in [1.54, 1.807) is 6.08 Å². The molecule has 0 fully saturated rings. The lowest BCUT2D eigenvalue weighted by Crippen LogP contribution is -2.45. The summed E-state index contributed by atoms with van der Waals surface area (Å²) in [5.41, 5.74) is 0. The summed E-state index contributed by atoms with van der Waals surface area (Å²) in [7, 11) is 1.53. The fourth-order valence-corrected chi connectivity index (χ4v) is 7.23. The number of aliphatic hydroxyl groups excluding tert-OH is 1. The second kappa shape index (κ2) is 42.3. The number of hydrogen-bond donors (Lipinski definition) is 3. The van der Waals surface area contributed by atoms with Crippen LogP contribution in [0.15, 0.2) is 72.9 Å². The third-order valence-corrected chi connectivity index (χ3v) is 11.4. The Morgan fingerprint density at radius 2 is 0.967 bits per heavy atom. The molecule has 0 aromatic rings. The molecule has 0 saturated carbocycles. The molecule has 0 spiro atoms. The van der Waals surface area contributed by atoms with Crippen molar-refractivity contribution in [2.45, 2.75) is 206 Å². The highest BCUT2D eigenvalue weighted by atomic mass is 31.2. The number of aliphatic hydroxyl groups is 1. The summed E-state index contributed by atoms with van der Waals surface area (Å²) in [5, 5.41) is 13.8. The number of phosphoric acid groups is 1. The number of unbranched alkanes of at least 4 members (excludes halogenated alkanes) is 20. The van der Waals surface area contributed by atoms with E-state index in [4.69, 9.17) is 9.05 Å². The van der Waals surface area contributed by atoms with E-state index in [1.165, 1.54) is 103 Å². The van der Waals surface area contributed by atoms with Crippen LogP contribution in [0.1, 0.15) is 194 Å². The molecule has 0 aromatic heterocycles. The fourth-order valence-electron chi connectivity index (χ4n) is 6.49. The van der Waals surface area contributed by atoms with Crippen LogP contribution in [0.2, 0.25) is 0 Å². The van der Waals surface area contributed by atoms with Gasteiger partial charge in [0.25, 0.3) is 0 Å². The van der Waals surface area contributed by atoms with Crippen LogP contribution in [0, 0.1) is 0 Å². The molecule has 8 nitrogen and oxygen atoms in total. The van der Waals surface area contributed by atoms with E-state index in [2.05, 4.69) is 79.9 Å². The van der Waals surface area contributed by atoms with Gasteiger partial charge in [0, 0.05) is 6.42 Å². The Labute approximate surface area is 370 Å². The Morgan fingerprint density at radius 1 is 0.567 bits per heavy atom. The molecule has 0 heterocycles. The van der Waals surface area contributed by atoms with Gasteiger partial charge >= 0.3 is 7.82 Å². The van der Waals surface area contributed by atoms with Gasteiger partial charge in [0.1, 0.15) is 13.2 Å². The van der Waals surface area contributed by atoms with Gasteiger partial charge in [0.2, 0.25) is 5.91 Å². The SMILES string of the molecule is CCCCC/C=C\C/C=C\C/C=C\CCCCCCCCC(=O)NC(COP(=O)(O)OCC[N+](C)(C)C)C(O)/C=C/CC/C=C/CC/C=C/CCCCCCCCCCC. The summed E-state index contributed by atoms with van der Waals surface area (Å²) in [6, 6.07) is -0.880. The Hall–Kier alpha value is -2.06. The van der Waals surface area contributed by atoms with Crippen molar-refractivity contribution in [3.63, 3.8) is 0 Å². The maximum Gasteiger partial charge on any atom is 0.472 e. The smallest absolute Gasteiger partial charge is 0.387 e. The summed E-state index contributed by atoms with van der Waals surface area (Å²) in [6.45, 7) is 4.73. The number of hydrogen-bond acceptors (Lipinski definition) is 5. The minimum Gasteiger partial charge on any atom is -0.387 e. The molecule has 3 atom stereocenters. The van der Waals surface area contributed by atoms with E-state index in [-0.39, 0.29) is 19.1 Å². The standard InChI is InChI=1S/C51H93N2O6P/c1-6-8-10-12-14-16-18-20-22-24-26-28-30-32-34-36-38-40-42-44-50(54)49(48-59-60(56,57)58-47-46-53(3,4)5)52-51(55)45-43-41-39-37-35-33-31-29-27-25-23-21-19-17-15-13-11-9-7-2/h15,17,21,23,26-29,34,36,42,44,49-50,54H,6-14,16,18-20,22,24-25,30-33,35,37-41,43,45-48H2,1-5H3,(H-,52,55,56,57)/p+1/b17-15-,23-21-,28-26+,29-27-,36-34+,44-42+. The van der Waals surface area contributed by atoms with Crippen LogP contribution in [-0.4, -0.2) is 73.4 Å². The van der Waals surface area contributed by atoms with Gasteiger partial charge in [0.15, 0.2) is 0 Å². The number of allylic oxidation sites excluding steroid dienone is 11. The van der Waals surface area contributed by atoms with Crippen molar-refractivity contribution >= 4 is 13.7 Å². The van der Waals surface area contributed by atoms with Crippen LogP contribution >= 0.6 is 7.82 Å². The molecule has 0 bridgehead atoms. The zero-order chi connectivity index (χ0) is 44.3. The molecule has 0 aromatic carbocycles. The number of amides is 1. The van der Waals surface area contributed by atoms with E-state index in [9.17, 15) is 19.4 Å². The van der Waals surface area contributed by atoms with Gasteiger partial charge in [-0.15, -0.1) is 0 Å². The van der Waals surface area contributed by atoms with Crippen molar-refractivity contribution in [1.82, 2.24) is 5.32 Å². The van der Waals surface area contributed by atoms with Gasteiger partial charge in [-0.25, -0.2) is 4.57 Å². The van der Waals surface area contributed by atoms with Gasteiger partial charge in [-0.1, -0.05) is 177 Å². The summed E-state index contributed by atoms with van der Waals surface area (Å²) < 4.78 is 23.6. The quantitative estimate of drug-likeness (QED) is 0.0244. The molecule has 0 aliphatic carbocycles. The first kappa shape index (κ1) is 57.9. The molecule has 3 unspecified atom stereocenters. The number of phosphoric ester groups is 1. The highest BCUT2D eigenvalue weighted by Crippen LogP contribution is 2.43. The molecular formula is C51H94N2O6P+. The summed E-state index contributed by atoms with van der Waals surface area (Å²) >= 11 is 0. The molecule has 0 aliphatic rings. The minimum absolute atomic E-state index is 0.0474. The average molecular weight is 862 g/mol. The number of rotatable bonds is 43. The van der Waals surface area contributed by atoms with E-state index in [0.29, 0.717) is 17.4 Å². The number of carbonyl (C=O) groups excluding carboxylic acids is 1. The fraction of sp³-hybridized carbons (Fsp3) is 0.745. The Morgan fingerprint density at radius 3 is 1.48 bits per heavy atom. The third kappa shape index (κ3) is 44.0. The van der Waals surface area contributed by atoms with E-state index in [1.807, 2.05) is 27.2 Å². The lowest BCUT2D eigenvalue weighted by Gasteiger charge is -2.25. The lowest BCUT2D eigenvalue weighted by molar-refractivity contribution is -0.870. The third-order valence-electron chi connectivity index (χ3n) is 10.4. The van der Waals surface area contributed by atoms with Crippen LogP contribution in [0.5, 0.6) is 0 Å². The van der Waals surface area contributed by atoms with Crippen molar-refractivity contribution < 1.29 is 32.9 Å². The van der Waals surface area contributed by atoms with E-state index >= 15 is 0 Å². The number of likely N-dealkylation sites (N-methyl/N-ethyl adjacent to an activating group) is 1. The van der Waals surface area contributed by atoms with Gasteiger partial charge in [-0.2, -0.15) is 0 Å². The normalized spacial score (nSPS) is 14.8. The second-order valence-electron chi connectivity index (χ2n) is 17.5. The Balaban J connectivity index is 4.49. The molecular weight excluding hydrogens is 768 g/mol. The molecule has 1 amide bonds. The molecule has 60 heavy (non-hydrogen) atoms. The van der Waals surface area contributed by atoms with Crippen molar-refractivity contribution in [2.75, 3.05) is 40.9 Å². The first-order valence-corrected chi connectivity index (χ1v) is 25.8. The highest BCUT2D eigenvalue weighted by Gasteiger charge is 2.27. The topological polar surface area (TPSA) is 105 Å².